The minimum Gasteiger partial charge on any atom is -0.481 e. The maximum absolute atomic E-state index is 12.7. The average Bonchev–Trinajstić information content (AvgIpc) is 3.39. The number of rotatable bonds is 8. The SMILES string of the molecule is CC[C@H](CC(=O)O)NC(=O)[C@@H]1CCC[C@@H]1NC(=O)OCC1c2ccccc2-c2ccccc21. The number of nitrogens with one attached hydrogen (secondary N) is 2. The number of fused-ring (bicyclic) bond motifs is 3. The van der Waals surface area contributed by atoms with Crippen molar-refractivity contribution in [1.82, 2.24) is 10.6 Å². The highest BCUT2D eigenvalue weighted by molar-refractivity contribution is 5.82. The van der Waals surface area contributed by atoms with Crippen molar-refractivity contribution in [3.8, 4) is 11.1 Å². The molecule has 0 heterocycles. The lowest BCUT2D eigenvalue weighted by Gasteiger charge is -2.23. The first kappa shape index (κ1) is 22.8. The number of carboxylic acids is 1. The molecule has 2 aromatic rings. The second kappa shape index (κ2) is 10.1. The van der Waals surface area contributed by atoms with Crippen LogP contribution in [0.2, 0.25) is 0 Å². The molecule has 3 N–H and O–H groups in total. The van der Waals surface area contributed by atoms with Gasteiger partial charge in [-0.05, 0) is 41.5 Å². The van der Waals surface area contributed by atoms with Crippen molar-refractivity contribution in [2.45, 2.75) is 57.0 Å². The van der Waals surface area contributed by atoms with Gasteiger partial charge in [-0.15, -0.1) is 0 Å². The molecule has 0 radical (unpaired) electrons. The average molecular weight is 451 g/mol. The van der Waals surface area contributed by atoms with E-state index in [1.54, 1.807) is 0 Å². The Hall–Kier alpha value is -3.35. The summed E-state index contributed by atoms with van der Waals surface area (Å²) in [5.41, 5.74) is 4.63. The fourth-order valence-electron chi connectivity index (χ4n) is 5.05. The van der Waals surface area contributed by atoms with Gasteiger partial charge in [0.15, 0.2) is 0 Å². The largest absolute Gasteiger partial charge is 0.481 e. The highest BCUT2D eigenvalue weighted by Crippen LogP contribution is 2.44. The molecule has 0 aromatic heterocycles. The maximum atomic E-state index is 12.7. The number of benzene rings is 2. The third-order valence-electron chi connectivity index (χ3n) is 6.76. The predicted octanol–water partition coefficient (Wildman–Crippen LogP) is 4.06. The minimum absolute atomic E-state index is 0.0212. The first-order valence-electron chi connectivity index (χ1n) is 11.6. The summed E-state index contributed by atoms with van der Waals surface area (Å²) in [6.45, 7) is 2.06. The summed E-state index contributed by atoms with van der Waals surface area (Å²) >= 11 is 0. The van der Waals surface area contributed by atoms with E-state index >= 15 is 0 Å². The number of aliphatic carboxylic acids is 1. The molecule has 2 aliphatic rings. The number of alkyl carbamates (subject to hydrolysis) is 1. The van der Waals surface area contributed by atoms with E-state index in [4.69, 9.17) is 9.84 Å². The third-order valence-corrected chi connectivity index (χ3v) is 6.76. The van der Waals surface area contributed by atoms with Crippen molar-refractivity contribution < 1.29 is 24.2 Å². The quantitative estimate of drug-likeness (QED) is 0.563. The summed E-state index contributed by atoms with van der Waals surface area (Å²) < 4.78 is 5.63. The molecule has 7 nitrogen and oxygen atoms in total. The van der Waals surface area contributed by atoms with Gasteiger partial charge < -0.3 is 20.5 Å². The minimum atomic E-state index is -0.943. The third kappa shape index (κ3) is 5.02. The van der Waals surface area contributed by atoms with Crippen molar-refractivity contribution in [1.29, 1.82) is 0 Å². The first-order valence-corrected chi connectivity index (χ1v) is 11.6. The summed E-state index contributed by atoms with van der Waals surface area (Å²) in [5.74, 6) is -1.55. The lowest BCUT2D eigenvalue weighted by molar-refractivity contribution is -0.137. The number of hydrogen-bond donors (Lipinski definition) is 3. The standard InChI is InChI=1S/C26H30N2O5/c1-2-16(14-24(29)30)27-25(31)21-12-7-13-23(21)28-26(32)33-15-22-19-10-5-3-8-17(19)18-9-4-6-11-20(18)22/h3-6,8-11,16,21-23H,2,7,12-15H2,1H3,(H,27,31)(H,28,32)(H,29,30)/t16-,21-,23+/m1/s1. The van der Waals surface area contributed by atoms with Crippen LogP contribution in [0.1, 0.15) is 56.1 Å². The van der Waals surface area contributed by atoms with Crippen molar-refractivity contribution in [3.63, 3.8) is 0 Å². The molecular formula is C26H30N2O5. The van der Waals surface area contributed by atoms with E-state index in [2.05, 4.69) is 34.9 Å². The van der Waals surface area contributed by atoms with Crippen LogP contribution in [0.25, 0.3) is 11.1 Å². The van der Waals surface area contributed by atoms with E-state index in [0.717, 1.165) is 17.5 Å². The molecule has 1 saturated carbocycles. The zero-order valence-electron chi connectivity index (χ0n) is 18.8. The molecule has 2 amide bonds. The topological polar surface area (TPSA) is 105 Å². The molecule has 0 aliphatic heterocycles. The van der Waals surface area contributed by atoms with Crippen LogP contribution >= 0.6 is 0 Å². The first-order chi connectivity index (χ1) is 16.0. The van der Waals surface area contributed by atoms with Gasteiger partial charge in [-0.2, -0.15) is 0 Å². The van der Waals surface area contributed by atoms with Gasteiger partial charge in [0.05, 0.1) is 12.3 Å². The van der Waals surface area contributed by atoms with Crippen LogP contribution in [0.5, 0.6) is 0 Å². The van der Waals surface area contributed by atoms with Gasteiger partial charge in [0.25, 0.3) is 0 Å². The van der Waals surface area contributed by atoms with Crippen LogP contribution in [0.15, 0.2) is 48.5 Å². The van der Waals surface area contributed by atoms with Crippen molar-refractivity contribution in [2.24, 2.45) is 5.92 Å². The lowest BCUT2D eigenvalue weighted by atomic mass is 9.98. The summed E-state index contributed by atoms with van der Waals surface area (Å²) in [4.78, 5) is 36.4. The van der Waals surface area contributed by atoms with Gasteiger partial charge >= 0.3 is 12.1 Å². The number of amides is 2. The molecule has 3 atom stereocenters. The number of ether oxygens (including phenoxy) is 1. The second-order valence-electron chi connectivity index (χ2n) is 8.83. The van der Waals surface area contributed by atoms with Gasteiger partial charge in [-0.1, -0.05) is 61.9 Å². The highest BCUT2D eigenvalue weighted by Gasteiger charge is 2.36. The molecule has 174 valence electrons. The van der Waals surface area contributed by atoms with Crippen LogP contribution in [-0.4, -0.2) is 41.8 Å². The smallest absolute Gasteiger partial charge is 0.407 e. The Kier molecular flexibility index (Phi) is 6.96. The van der Waals surface area contributed by atoms with E-state index in [1.807, 2.05) is 31.2 Å². The Morgan fingerprint density at radius 3 is 2.27 bits per heavy atom. The number of carbonyl (C=O) groups excluding carboxylic acids is 2. The van der Waals surface area contributed by atoms with Crippen LogP contribution < -0.4 is 10.6 Å². The molecule has 0 saturated heterocycles. The molecule has 0 unspecified atom stereocenters. The maximum Gasteiger partial charge on any atom is 0.407 e. The lowest BCUT2D eigenvalue weighted by Crippen LogP contribution is -2.47. The molecule has 2 aromatic carbocycles. The van der Waals surface area contributed by atoms with Gasteiger partial charge in [-0.25, -0.2) is 4.79 Å². The zero-order chi connectivity index (χ0) is 23.4. The summed E-state index contributed by atoms with van der Waals surface area (Å²) in [6.07, 6.45) is 2.07. The Labute approximate surface area is 193 Å². The van der Waals surface area contributed by atoms with Crippen LogP contribution in [0, 0.1) is 5.92 Å². The molecule has 7 heteroatoms. The van der Waals surface area contributed by atoms with Crippen molar-refractivity contribution in [2.75, 3.05) is 6.61 Å². The van der Waals surface area contributed by atoms with E-state index in [0.29, 0.717) is 19.3 Å². The Morgan fingerprint density at radius 1 is 1.03 bits per heavy atom. The summed E-state index contributed by atoms with van der Waals surface area (Å²) in [5, 5.41) is 14.7. The van der Waals surface area contributed by atoms with Gasteiger partial charge in [0.1, 0.15) is 6.61 Å². The molecule has 0 spiro atoms. The number of carbonyl (C=O) groups is 3. The molecule has 1 fully saturated rings. The fourth-order valence-corrected chi connectivity index (χ4v) is 5.05. The fraction of sp³-hybridized carbons (Fsp3) is 0.423. The van der Waals surface area contributed by atoms with E-state index in [9.17, 15) is 14.4 Å². The molecular weight excluding hydrogens is 420 g/mol. The monoisotopic (exact) mass is 450 g/mol. The van der Waals surface area contributed by atoms with Crippen molar-refractivity contribution >= 4 is 18.0 Å². The van der Waals surface area contributed by atoms with Gasteiger partial charge in [-0.3, -0.25) is 9.59 Å². The predicted molar refractivity (Wildman–Crippen MR) is 124 cm³/mol. The number of hydrogen-bond acceptors (Lipinski definition) is 4. The molecule has 0 bridgehead atoms. The van der Waals surface area contributed by atoms with Crippen molar-refractivity contribution in [3.05, 3.63) is 59.7 Å². The molecule has 33 heavy (non-hydrogen) atoms. The number of carboxylic acid groups (broad SMARTS) is 1. The Balaban J connectivity index is 1.35. The van der Waals surface area contributed by atoms with Gasteiger partial charge in [0, 0.05) is 18.0 Å². The van der Waals surface area contributed by atoms with E-state index in [-0.39, 0.29) is 36.8 Å². The van der Waals surface area contributed by atoms with Crippen LogP contribution in [-0.2, 0) is 14.3 Å². The molecule has 4 rings (SSSR count). The van der Waals surface area contributed by atoms with E-state index in [1.165, 1.54) is 11.1 Å². The van der Waals surface area contributed by atoms with E-state index < -0.39 is 18.1 Å². The zero-order valence-corrected chi connectivity index (χ0v) is 18.8. The van der Waals surface area contributed by atoms with Crippen LogP contribution in [0.4, 0.5) is 4.79 Å². The van der Waals surface area contributed by atoms with Gasteiger partial charge in [0.2, 0.25) is 5.91 Å². The summed E-state index contributed by atoms with van der Waals surface area (Å²) in [7, 11) is 0. The summed E-state index contributed by atoms with van der Waals surface area (Å²) in [6, 6.07) is 15.6. The second-order valence-corrected chi connectivity index (χ2v) is 8.83. The Morgan fingerprint density at radius 2 is 1.67 bits per heavy atom. The molecule has 2 aliphatic carbocycles. The van der Waals surface area contributed by atoms with Crippen LogP contribution in [0.3, 0.4) is 0 Å². The Bertz CT molecular complexity index is 991. The highest BCUT2D eigenvalue weighted by atomic mass is 16.5. The normalized spacial score (nSPS) is 19.9.